The maximum atomic E-state index is 10.1. The van der Waals surface area contributed by atoms with E-state index in [1.807, 2.05) is 14.1 Å². The van der Waals surface area contributed by atoms with Gasteiger partial charge in [-0.2, -0.15) is 0 Å². The zero-order chi connectivity index (χ0) is 14.5. The molecule has 5 unspecified atom stereocenters. The Labute approximate surface area is 119 Å². The minimum Gasteiger partial charge on any atom is -0.387 e. The Kier molecular flexibility index (Phi) is 6.16. The summed E-state index contributed by atoms with van der Waals surface area (Å²) in [6.07, 6.45) is -2.92. The predicted molar refractivity (Wildman–Crippen MR) is 72.4 cm³/mol. The molecule has 0 aromatic heterocycles. The van der Waals surface area contributed by atoms with Gasteiger partial charge in [0.25, 0.3) is 0 Å². The van der Waals surface area contributed by atoms with Gasteiger partial charge in [0.2, 0.25) is 0 Å². The summed E-state index contributed by atoms with van der Waals surface area (Å²) in [4.78, 5) is 2.08. The molecule has 0 aromatic carbocycles. The molecule has 0 amide bonds. The summed E-state index contributed by atoms with van der Waals surface area (Å²) in [5, 5.41) is 23.4. The molecule has 3 saturated heterocycles. The van der Waals surface area contributed by atoms with E-state index < -0.39 is 24.6 Å². The van der Waals surface area contributed by atoms with Crippen LogP contribution in [0.25, 0.3) is 0 Å². The van der Waals surface area contributed by atoms with E-state index in [0.717, 1.165) is 19.5 Å². The van der Waals surface area contributed by atoms with Crippen LogP contribution in [0.15, 0.2) is 0 Å². The number of rotatable bonds is 5. The van der Waals surface area contributed by atoms with E-state index in [0.29, 0.717) is 19.8 Å². The van der Waals surface area contributed by atoms with Crippen molar-refractivity contribution in [3.05, 3.63) is 0 Å². The maximum absolute atomic E-state index is 10.1. The lowest BCUT2D eigenvalue weighted by Gasteiger charge is -2.41. The van der Waals surface area contributed by atoms with E-state index in [1.54, 1.807) is 0 Å². The van der Waals surface area contributed by atoms with Gasteiger partial charge in [-0.1, -0.05) is 0 Å². The molecular formula is C13H26N2O5. The summed E-state index contributed by atoms with van der Waals surface area (Å²) in [5.74, 6) is 0. The van der Waals surface area contributed by atoms with Crippen molar-refractivity contribution < 1.29 is 24.4 Å². The number of likely N-dealkylation sites (N-methyl/N-ethyl adjacent to an activating group) is 1. The number of aliphatic hydroxyl groups is 2. The Morgan fingerprint density at radius 2 is 1.90 bits per heavy atom. The van der Waals surface area contributed by atoms with Crippen LogP contribution in [-0.4, -0.2) is 92.8 Å². The van der Waals surface area contributed by atoms with Crippen LogP contribution in [0, 0.1) is 0 Å². The van der Waals surface area contributed by atoms with E-state index in [1.165, 1.54) is 0 Å². The van der Waals surface area contributed by atoms with E-state index in [-0.39, 0.29) is 6.10 Å². The fraction of sp³-hybridized carbons (Fsp3) is 1.00. The van der Waals surface area contributed by atoms with Crippen LogP contribution < -0.4 is 5.32 Å². The Hall–Kier alpha value is -0.280. The van der Waals surface area contributed by atoms with Crippen molar-refractivity contribution in [2.24, 2.45) is 0 Å². The topological polar surface area (TPSA) is 83.4 Å². The Morgan fingerprint density at radius 3 is 2.65 bits per heavy atom. The van der Waals surface area contributed by atoms with Gasteiger partial charge in [-0.3, -0.25) is 0 Å². The van der Waals surface area contributed by atoms with Crippen molar-refractivity contribution in [1.82, 2.24) is 10.2 Å². The van der Waals surface area contributed by atoms with Crippen LogP contribution in [0.1, 0.15) is 6.42 Å². The molecule has 0 aromatic rings. The monoisotopic (exact) mass is 290 g/mol. The second-order valence-corrected chi connectivity index (χ2v) is 5.59. The second kappa shape index (κ2) is 7.65. The van der Waals surface area contributed by atoms with Crippen molar-refractivity contribution in [3.63, 3.8) is 0 Å². The summed E-state index contributed by atoms with van der Waals surface area (Å²) in [6, 6.07) is 0. The highest BCUT2D eigenvalue weighted by Gasteiger charge is 2.46. The molecular weight excluding hydrogens is 264 g/mol. The lowest BCUT2D eigenvalue weighted by atomic mass is 9.98. The van der Waals surface area contributed by atoms with E-state index in [4.69, 9.17) is 14.2 Å². The number of nitrogens with zero attached hydrogens (tertiary/aromatic N) is 1. The quantitative estimate of drug-likeness (QED) is 0.525. The van der Waals surface area contributed by atoms with Gasteiger partial charge in [0.1, 0.15) is 24.4 Å². The van der Waals surface area contributed by atoms with Gasteiger partial charge in [-0.15, -0.1) is 0 Å². The molecule has 7 heteroatoms. The van der Waals surface area contributed by atoms with Crippen LogP contribution in [0.5, 0.6) is 0 Å². The van der Waals surface area contributed by atoms with Gasteiger partial charge in [0.05, 0.1) is 6.61 Å². The minimum atomic E-state index is -1.06. The van der Waals surface area contributed by atoms with Crippen molar-refractivity contribution in [1.29, 1.82) is 0 Å². The molecule has 0 saturated carbocycles. The van der Waals surface area contributed by atoms with Crippen LogP contribution >= 0.6 is 0 Å². The van der Waals surface area contributed by atoms with E-state index in [9.17, 15) is 10.2 Å². The molecule has 3 aliphatic rings. The average molecular weight is 290 g/mol. The van der Waals surface area contributed by atoms with Crippen LogP contribution in [0.4, 0.5) is 0 Å². The number of hydrogen-bond donors (Lipinski definition) is 3. The zero-order valence-corrected chi connectivity index (χ0v) is 12.2. The highest BCUT2D eigenvalue weighted by atomic mass is 16.7. The second-order valence-electron chi connectivity index (χ2n) is 5.59. The summed E-state index contributed by atoms with van der Waals surface area (Å²) < 4.78 is 16.8. The van der Waals surface area contributed by atoms with Gasteiger partial charge < -0.3 is 34.6 Å². The number of ether oxygens (including phenoxy) is 3. The van der Waals surface area contributed by atoms with Crippen molar-refractivity contribution >= 4 is 0 Å². The summed E-state index contributed by atoms with van der Waals surface area (Å²) in [6.45, 7) is 3.26. The third-order valence-corrected chi connectivity index (χ3v) is 3.60. The lowest BCUT2D eigenvalue weighted by Crippen LogP contribution is -2.60. The first-order chi connectivity index (χ1) is 9.59. The molecule has 3 aliphatic heterocycles. The number of fused-ring (bicyclic) bond motifs is 6. The van der Waals surface area contributed by atoms with Gasteiger partial charge in [-0.05, 0) is 20.5 Å². The molecule has 118 valence electrons. The van der Waals surface area contributed by atoms with Gasteiger partial charge in [0.15, 0.2) is 6.29 Å². The zero-order valence-electron chi connectivity index (χ0n) is 12.2. The Balaban J connectivity index is 1.90. The number of nitrogens with one attached hydrogen (secondary N) is 1. The standard InChI is InChI=1S/C13H26N2O5/c1-15(2)5-4-14-8-9-12-10(16)11(17)13(20-9)19-7-3-6-18-12/h9-14,16-17H,3-8H2,1-2H3. The van der Waals surface area contributed by atoms with Crippen molar-refractivity contribution in [2.45, 2.75) is 37.1 Å². The summed E-state index contributed by atoms with van der Waals surface area (Å²) in [5.41, 5.74) is 0. The first-order valence-electron chi connectivity index (χ1n) is 7.20. The molecule has 3 rings (SSSR count). The largest absolute Gasteiger partial charge is 0.387 e. The predicted octanol–water partition coefficient (Wildman–Crippen LogP) is -1.61. The number of aliphatic hydroxyl groups excluding tert-OH is 2. The Bertz CT molecular complexity index is 290. The first kappa shape index (κ1) is 16.1. The van der Waals surface area contributed by atoms with Gasteiger partial charge >= 0.3 is 0 Å². The highest BCUT2D eigenvalue weighted by Crippen LogP contribution is 2.25. The molecule has 3 fully saturated rings. The minimum absolute atomic E-state index is 0.321. The normalized spacial score (nSPS) is 38.5. The third-order valence-electron chi connectivity index (χ3n) is 3.60. The summed E-state index contributed by atoms with van der Waals surface area (Å²) in [7, 11) is 4.02. The van der Waals surface area contributed by atoms with Crippen LogP contribution in [0.3, 0.4) is 0 Å². The molecule has 20 heavy (non-hydrogen) atoms. The molecule has 0 aliphatic carbocycles. The molecule has 0 radical (unpaired) electrons. The molecule has 0 spiro atoms. The van der Waals surface area contributed by atoms with E-state index >= 15 is 0 Å². The number of hydrogen-bond acceptors (Lipinski definition) is 7. The van der Waals surface area contributed by atoms with Gasteiger partial charge in [-0.25, -0.2) is 0 Å². The first-order valence-corrected chi connectivity index (χ1v) is 7.20. The fourth-order valence-corrected chi connectivity index (χ4v) is 2.44. The third kappa shape index (κ3) is 4.11. The van der Waals surface area contributed by atoms with Crippen LogP contribution in [0.2, 0.25) is 0 Å². The van der Waals surface area contributed by atoms with E-state index in [2.05, 4.69) is 10.2 Å². The molecule has 3 N–H and O–H groups in total. The maximum Gasteiger partial charge on any atom is 0.186 e. The van der Waals surface area contributed by atoms with Crippen molar-refractivity contribution in [2.75, 3.05) is 46.9 Å². The SMILES string of the molecule is CN(C)CCNCC1OC2OCCCOC1C(O)C2O. The lowest BCUT2D eigenvalue weighted by molar-refractivity contribution is -0.292. The molecule has 7 nitrogen and oxygen atoms in total. The molecule has 3 heterocycles. The van der Waals surface area contributed by atoms with Crippen molar-refractivity contribution in [3.8, 4) is 0 Å². The molecule has 2 bridgehead atoms. The smallest absolute Gasteiger partial charge is 0.186 e. The highest BCUT2D eigenvalue weighted by molar-refractivity contribution is 4.92. The average Bonchev–Trinajstić information content (AvgIpc) is 2.54. The van der Waals surface area contributed by atoms with Gasteiger partial charge in [0, 0.05) is 26.2 Å². The Morgan fingerprint density at radius 1 is 1.15 bits per heavy atom. The van der Waals surface area contributed by atoms with Crippen LogP contribution in [-0.2, 0) is 14.2 Å². The molecule has 5 atom stereocenters. The summed E-state index contributed by atoms with van der Waals surface area (Å²) >= 11 is 0. The fourth-order valence-electron chi connectivity index (χ4n) is 2.44.